The summed E-state index contributed by atoms with van der Waals surface area (Å²) in [5.74, 6) is -11.7. The van der Waals surface area contributed by atoms with Gasteiger partial charge >= 0.3 is 12.1 Å². The van der Waals surface area contributed by atoms with E-state index in [0.717, 1.165) is 0 Å². The second kappa shape index (κ2) is 4.42. The second-order valence-corrected chi connectivity index (χ2v) is 3.53. The van der Waals surface area contributed by atoms with Gasteiger partial charge in [0.1, 0.15) is 16.7 Å². The molecule has 0 aliphatic rings. The number of rotatable bonds is 2. The van der Waals surface area contributed by atoms with Crippen molar-refractivity contribution in [2.24, 2.45) is 0 Å². The lowest BCUT2D eigenvalue weighted by Crippen LogP contribution is -2.44. The number of halogens is 8. The lowest BCUT2D eigenvalue weighted by atomic mass is 10.0. The highest BCUT2D eigenvalue weighted by Gasteiger charge is 2.63. The van der Waals surface area contributed by atoms with Gasteiger partial charge < -0.3 is 0 Å². The molecule has 9 heteroatoms. The Balaban J connectivity index is 3.29. The fourth-order valence-electron chi connectivity index (χ4n) is 0.997. The fourth-order valence-corrected chi connectivity index (χ4v) is 1.11. The Bertz CT molecular complexity index is 471. The molecule has 1 aromatic carbocycles. The third-order valence-corrected chi connectivity index (χ3v) is 2.25. The van der Waals surface area contributed by atoms with Gasteiger partial charge in [-0.3, -0.25) is 4.79 Å². The monoisotopic (exact) mass is 294 g/mol. The van der Waals surface area contributed by atoms with Crippen molar-refractivity contribution in [2.45, 2.75) is 12.1 Å². The van der Waals surface area contributed by atoms with Crippen LogP contribution >= 0.6 is 11.6 Å². The molecule has 0 saturated carbocycles. The first-order chi connectivity index (χ1) is 7.98. The highest BCUT2D eigenvalue weighted by Crippen LogP contribution is 2.38. The summed E-state index contributed by atoms with van der Waals surface area (Å²) in [5, 5.41) is -1.11. The highest BCUT2D eigenvalue weighted by atomic mass is 35.5. The van der Waals surface area contributed by atoms with Crippen molar-refractivity contribution in [3.63, 3.8) is 0 Å². The first-order valence-electron chi connectivity index (χ1n) is 4.12. The van der Waals surface area contributed by atoms with Crippen LogP contribution in [0.25, 0.3) is 0 Å². The Morgan fingerprint density at radius 1 is 1.00 bits per heavy atom. The molecular weight excluding hydrogens is 293 g/mol. The molecule has 0 spiro atoms. The summed E-state index contributed by atoms with van der Waals surface area (Å²) in [4.78, 5) is 10.9. The van der Waals surface area contributed by atoms with E-state index in [1.54, 1.807) is 0 Å². The van der Waals surface area contributed by atoms with Crippen LogP contribution in [0.2, 0.25) is 5.02 Å². The maximum atomic E-state index is 12.8. The van der Waals surface area contributed by atoms with Crippen LogP contribution in [0.5, 0.6) is 0 Å². The van der Waals surface area contributed by atoms with Crippen LogP contribution in [0.15, 0.2) is 12.1 Å². The maximum Gasteiger partial charge on any atom is 0.461 e. The molecule has 0 atom stereocenters. The first-order valence-corrected chi connectivity index (χ1v) is 4.50. The zero-order valence-electron chi connectivity index (χ0n) is 8.09. The lowest BCUT2D eigenvalue weighted by Gasteiger charge is -2.18. The first kappa shape index (κ1) is 14.7. The third kappa shape index (κ3) is 2.43. The third-order valence-electron chi connectivity index (χ3n) is 1.89. The van der Waals surface area contributed by atoms with E-state index < -0.39 is 40.1 Å². The van der Waals surface area contributed by atoms with Crippen molar-refractivity contribution in [1.82, 2.24) is 0 Å². The second-order valence-electron chi connectivity index (χ2n) is 3.16. The standard InChI is InChI=1S/C9H2ClF7O/c10-6-4(11)1-3(2-5(6)12)7(18)8(13,14)9(15,16)17/h1-2H. The topological polar surface area (TPSA) is 17.1 Å². The highest BCUT2D eigenvalue weighted by molar-refractivity contribution is 6.31. The predicted octanol–water partition coefficient (Wildman–Crippen LogP) is 4.00. The molecule has 0 heterocycles. The van der Waals surface area contributed by atoms with Gasteiger partial charge in [0.05, 0.1) is 0 Å². The number of carbonyl (C=O) groups is 1. The summed E-state index contributed by atoms with van der Waals surface area (Å²) < 4.78 is 86.5. The van der Waals surface area contributed by atoms with E-state index in [1.165, 1.54) is 0 Å². The van der Waals surface area contributed by atoms with E-state index in [1.807, 2.05) is 0 Å². The molecule has 0 radical (unpaired) electrons. The van der Waals surface area contributed by atoms with Gasteiger partial charge in [0.15, 0.2) is 0 Å². The molecule has 1 nitrogen and oxygen atoms in total. The minimum absolute atomic E-state index is 0.00734. The predicted molar refractivity (Wildman–Crippen MR) is 46.7 cm³/mol. The van der Waals surface area contributed by atoms with Gasteiger partial charge in [-0.15, -0.1) is 0 Å². The van der Waals surface area contributed by atoms with Crippen molar-refractivity contribution in [3.8, 4) is 0 Å². The number of carbonyl (C=O) groups excluding carboxylic acids is 1. The molecule has 0 fully saturated rings. The average molecular weight is 295 g/mol. The molecule has 0 aliphatic heterocycles. The lowest BCUT2D eigenvalue weighted by molar-refractivity contribution is -0.255. The number of alkyl halides is 5. The van der Waals surface area contributed by atoms with Crippen LogP contribution in [0.3, 0.4) is 0 Å². The normalized spacial score (nSPS) is 12.7. The van der Waals surface area contributed by atoms with Crippen molar-refractivity contribution in [1.29, 1.82) is 0 Å². The molecule has 0 unspecified atom stereocenters. The largest absolute Gasteiger partial charge is 0.461 e. The summed E-state index contributed by atoms with van der Waals surface area (Å²) in [5.41, 5.74) is -1.46. The van der Waals surface area contributed by atoms with Gasteiger partial charge in [0.2, 0.25) is 5.78 Å². The van der Waals surface area contributed by atoms with Crippen molar-refractivity contribution >= 4 is 17.4 Å². The number of hydrogen-bond donors (Lipinski definition) is 0. The van der Waals surface area contributed by atoms with E-state index in [-0.39, 0.29) is 12.1 Å². The summed E-state index contributed by atoms with van der Waals surface area (Å²) in [6.45, 7) is 0. The van der Waals surface area contributed by atoms with E-state index in [2.05, 4.69) is 0 Å². The molecule has 0 amide bonds. The maximum absolute atomic E-state index is 12.8. The van der Waals surface area contributed by atoms with E-state index >= 15 is 0 Å². The Morgan fingerprint density at radius 2 is 1.39 bits per heavy atom. The van der Waals surface area contributed by atoms with Crippen LogP contribution in [0.4, 0.5) is 30.7 Å². The zero-order valence-corrected chi connectivity index (χ0v) is 8.84. The van der Waals surface area contributed by atoms with Gasteiger partial charge in [0, 0.05) is 5.56 Å². The molecule has 1 rings (SSSR count). The molecule has 100 valence electrons. The average Bonchev–Trinajstić information content (AvgIpc) is 2.22. The SMILES string of the molecule is O=C(c1cc(F)c(Cl)c(F)c1)C(F)(F)C(F)(F)F. The molecule has 0 N–H and O–H groups in total. The van der Waals surface area contributed by atoms with Crippen molar-refractivity contribution in [2.75, 3.05) is 0 Å². The molecule has 1 aromatic rings. The van der Waals surface area contributed by atoms with Gasteiger partial charge in [-0.05, 0) is 12.1 Å². The minimum Gasteiger partial charge on any atom is -0.287 e. The summed E-state index contributed by atoms with van der Waals surface area (Å²) in [6.07, 6.45) is -6.16. The van der Waals surface area contributed by atoms with E-state index in [9.17, 15) is 35.5 Å². The van der Waals surface area contributed by atoms with E-state index in [4.69, 9.17) is 11.6 Å². The van der Waals surface area contributed by atoms with Gasteiger partial charge in [-0.25, -0.2) is 8.78 Å². The van der Waals surface area contributed by atoms with Crippen LogP contribution in [-0.4, -0.2) is 17.9 Å². The number of hydrogen-bond acceptors (Lipinski definition) is 1. The minimum atomic E-state index is -6.16. The Morgan fingerprint density at radius 3 is 1.72 bits per heavy atom. The van der Waals surface area contributed by atoms with Crippen LogP contribution in [0, 0.1) is 11.6 Å². The molecule has 18 heavy (non-hydrogen) atoms. The molecular formula is C9H2ClF7O. The Kier molecular flexibility index (Phi) is 3.62. The van der Waals surface area contributed by atoms with E-state index in [0.29, 0.717) is 0 Å². The molecule has 0 aromatic heterocycles. The summed E-state index contributed by atoms with van der Waals surface area (Å²) >= 11 is 4.99. The van der Waals surface area contributed by atoms with Gasteiger partial charge in [-0.1, -0.05) is 11.6 Å². The molecule has 0 saturated heterocycles. The number of ketones is 1. The van der Waals surface area contributed by atoms with Crippen molar-refractivity contribution < 1.29 is 35.5 Å². The molecule has 0 aliphatic carbocycles. The van der Waals surface area contributed by atoms with Crippen LogP contribution < -0.4 is 0 Å². The number of Topliss-reactive ketones (excluding diaryl/α,β-unsaturated/α-hetero) is 1. The quantitative estimate of drug-likeness (QED) is 0.458. The smallest absolute Gasteiger partial charge is 0.287 e. The van der Waals surface area contributed by atoms with Crippen molar-refractivity contribution in [3.05, 3.63) is 34.4 Å². The van der Waals surface area contributed by atoms with Gasteiger partial charge in [-0.2, -0.15) is 22.0 Å². The zero-order chi connectivity index (χ0) is 14.3. The number of benzene rings is 1. The Hall–Kier alpha value is -1.31. The fraction of sp³-hybridized carbons (Fsp3) is 0.222. The van der Waals surface area contributed by atoms with Crippen LogP contribution in [-0.2, 0) is 0 Å². The summed E-state index contributed by atoms with van der Waals surface area (Å²) in [7, 11) is 0. The summed E-state index contributed by atoms with van der Waals surface area (Å²) in [6, 6.07) is 0.0147. The van der Waals surface area contributed by atoms with Crippen LogP contribution in [0.1, 0.15) is 10.4 Å². The Labute approximate surface area is 100 Å². The van der Waals surface area contributed by atoms with Gasteiger partial charge in [0.25, 0.3) is 0 Å². The molecule has 0 bridgehead atoms.